The first kappa shape index (κ1) is 33.1. The van der Waals surface area contributed by atoms with Gasteiger partial charge in [-0.05, 0) is 56.7 Å². The monoisotopic (exact) mass is 535 g/mol. The summed E-state index contributed by atoms with van der Waals surface area (Å²) in [7, 11) is 0. The summed E-state index contributed by atoms with van der Waals surface area (Å²) in [4.78, 5) is 49.5. The minimum atomic E-state index is -1.35. The van der Waals surface area contributed by atoms with Crippen LogP contribution < -0.4 is 15.2 Å². The fourth-order valence-corrected chi connectivity index (χ4v) is 3.75. The lowest BCUT2D eigenvalue weighted by Gasteiger charge is -2.33. The highest BCUT2D eigenvalue weighted by molar-refractivity contribution is 5.78. The first-order chi connectivity index (χ1) is 17.5. The van der Waals surface area contributed by atoms with E-state index < -0.39 is 53.3 Å². The van der Waals surface area contributed by atoms with E-state index in [4.69, 9.17) is 19.9 Å². The second kappa shape index (κ2) is 14.3. The number of benzene rings is 1. The van der Waals surface area contributed by atoms with Crippen LogP contribution in [0.1, 0.15) is 93.1 Å². The number of ether oxygens (including phenoxy) is 3. The third-order valence-corrected chi connectivity index (χ3v) is 6.66. The highest BCUT2D eigenvalue weighted by Crippen LogP contribution is 2.38. The molecule has 9 nitrogen and oxygen atoms in total. The SMILES string of the molecule is CCC(C)(C)C(=O)OC(C)C(C)C(c1ccc(OC(=O)CC(C)C)c(OC(=O)CC(C)C)c1)[C@H](N)C(=O)O. The number of nitrogens with two attached hydrogens (primary N) is 1. The molecule has 0 aliphatic carbocycles. The Labute approximate surface area is 226 Å². The molecule has 1 aromatic carbocycles. The van der Waals surface area contributed by atoms with Crippen molar-refractivity contribution in [3.8, 4) is 11.5 Å². The molecule has 0 fully saturated rings. The second-order valence-corrected chi connectivity index (χ2v) is 11.4. The van der Waals surface area contributed by atoms with E-state index >= 15 is 0 Å². The minimum Gasteiger partial charge on any atom is -0.480 e. The molecule has 0 saturated heterocycles. The summed E-state index contributed by atoms with van der Waals surface area (Å²) in [5.41, 5.74) is 5.88. The molecular formula is C29H45NO8. The van der Waals surface area contributed by atoms with Crippen LogP contribution in [-0.2, 0) is 23.9 Å². The summed E-state index contributed by atoms with van der Waals surface area (Å²) in [6, 6.07) is 3.19. The molecule has 214 valence electrons. The number of carbonyl (C=O) groups is 4. The summed E-state index contributed by atoms with van der Waals surface area (Å²) in [5.74, 6) is -3.82. The highest BCUT2D eigenvalue weighted by Gasteiger charge is 2.37. The van der Waals surface area contributed by atoms with Crippen LogP contribution in [0.4, 0.5) is 0 Å². The molecule has 1 rings (SSSR count). The van der Waals surface area contributed by atoms with Crippen molar-refractivity contribution in [1.82, 2.24) is 0 Å². The average molecular weight is 536 g/mol. The Morgan fingerprint density at radius 3 is 1.84 bits per heavy atom. The molecule has 38 heavy (non-hydrogen) atoms. The van der Waals surface area contributed by atoms with Gasteiger partial charge in [0.25, 0.3) is 0 Å². The molecule has 0 heterocycles. The predicted octanol–water partition coefficient (Wildman–Crippen LogP) is 5.09. The Morgan fingerprint density at radius 1 is 0.895 bits per heavy atom. The van der Waals surface area contributed by atoms with Crippen LogP contribution in [0.2, 0.25) is 0 Å². The van der Waals surface area contributed by atoms with Gasteiger partial charge in [-0.2, -0.15) is 0 Å². The maximum atomic E-state index is 12.7. The van der Waals surface area contributed by atoms with Gasteiger partial charge in [0.2, 0.25) is 0 Å². The van der Waals surface area contributed by atoms with Gasteiger partial charge in [0, 0.05) is 24.7 Å². The van der Waals surface area contributed by atoms with Crippen molar-refractivity contribution in [2.45, 2.75) is 99.6 Å². The topological polar surface area (TPSA) is 142 Å². The van der Waals surface area contributed by atoms with Crippen molar-refractivity contribution in [2.24, 2.45) is 28.9 Å². The second-order valence-electron chi connectivity index (χ2n) is 11.4. The van der Waals surface area contributed by atoms with Crippen LogP contribution in [0, 0.1) is 23.2 Å². The molecule has 9 heteroatoms. The lowest BCUT2D eigenvalue weighted by molar-refractivity contribution is -0.162. The number of rotatable bonds is 14. The maximum absolute atomic E-state index is 12.7. The van der Waals surface area contributed by atoms with E-state index in [0.717, 1.165) is 0 Å². The summed E-state index contributed by atoms with van der Waals surface area (Å²) >= 11 is 0. The Kier molecular flexibility index (Phi) is 12.4. The zero-order chi connectivity index (χ0) is 29.4. The van der Waals surface area contributed by atoms with Gasteiger partial charge in [-0.25, -0.2) is 0 Å². The number of hydrogen-bond donors (Lipinski definition) is 2. The number of aliphatic carboxylic acids is 1. The van der Waals surface area contributed by atoms with Gasteiger partial charge in [-0.1, -0.05) is 47.6 Å². The third-order valence-electron chi connectivity index (χ3n) is 6.66. The molecule has 0 radical (unpaired) electrons. The van der Waals surface area contributed by atoms with Crippen molar-refractivity contribution >= 4 is 23.9 Å². The number of carboxylic acid groups (broad SMARTS) is 1. The normalized spacial score (nSPS) is 14.9. The van der Waals surface area contributed by atoms with Gasteiger partial charge in [-0.15, -0.1) is 0 Å². The molecule has 0 amide bonds. The van der Waals surface area contributed by atoms with E-state index in [0.29, 0.717) is 12.0 Å². The van der Waals surface area contributed by atoms with Crippen molar-refractivity contribution in [2.75, 3.05) is 0 Å². The molecule has 0 spiro atoms. The van der Waals surface area contributed by atoms with Crippen molar-refractivity contribution in [3.05, 3.63) is 23.8 Å². The van der Waals surface area contributed by atoms with Gasteiger partial charge in [-0.3, -0.25) is 19.2 Å². The van der Waals surface area contributed by atoms with Crippen molar-refractivity contribution in [1.29, 1.82) is 0 Å². The predicted molar refractivity (Wildman–Crippen MR) is 144 cm³/mol. The molecule has 3 N–H and O–H groups in total. The molecule has 3 unspecified atom stereocenters. The lowest BCUT2D eigenvalue weighted by atomic mass is 9.79. The van der Waals surface area contributed by atoms with Crippen LogP contribution in [0.15, 0.2) is 18.2 Å². The van der Waals surface area contributed by atoms with Gasteiger partial charge < -0.3 is 25.1 Å². The maximum Gasteiger partial charge on any atom is 0.321 e. The zero-order valence-electron chi connectivity index (χ0n) is 24.2. The number of carboxylic acids is 1. The van der Waals surface area contributed by atoms with Crippen LogP contribution in [0.3, 0.4) is 0 Å². The lowest BCUT2D eigenvalue weighted by Crippen LogP contribution is -2.43. The number of hydrogen-bond acceptors (Lipinski definition) is 8. The van der Waals surface area contributed by atoms with Crippen LogP contribution >= 0.6 is 0 Å². The number of esters is 3. The van der Waals surface area contributed by atoms with Gasteiger partial charge in [0.1, 0.15) is 12.1 Å². The van der Waals surface area contributed by atoms with Gasteiger partial charge in [0.05, 0.1) is 5.41 Å². The molecule has 0 saturated carbocycles. The molecular weight excluding hydrogens is 490 g/mol. The zero-order valence-corrected chi connectivity index (χ0v) is 24.2. The average Bonchev–Trinajstić information content (AvgIpc) is 2.79. The van der Waals surface area contributed by atoms with Crippen molar-refractivity contribution < 1.29 is 38.5 Å². The van der Waals surface area contributed by atoms with E-state index in [1.807, 2.05) is 34.6 Å². The molecule has 1 aromatic rings. The summed E-state index contributed by atoms with van der Waals surface area (Å²) < 4.78 is 16.8. The summed E-state index contributed by atoms with van der Waals surface area (Å²) in [6.45, 7) is 16.4. The number of carbonyl (C=O) groups excluding carboxylic acids is 3. The molecule has 0 aromatic heterocycles. The molecule has 0 aliphatic heterocycles. The van der Waals surface area contributed by atoms with Crippen LogP contribution in [0.5, 0.6) is 11.5 Å². The van der Waals surface area contributed by atoms with E-state index in [1.165, 1.54) is 12.1 Å². The van der Waals surface area contributed by atoms with Crippen LogP contribution in [0.25, 0.3) is 0 Å². The molecule has 0 bridgehead atoms. The first-order valence-corrected chi connectivity index (χ1v) is 13.2. The Balaban J connectivity index is 3.48. The highest BCUT2D eigenvalue weighted by atomic mass is 16.6. The Morgan fingerprint density at radius 2 is 1.39 bits per heavy atom. The standard InChI is InChI=1S/C29H45NO8/c1-10-29(8,9)28(35)36-19(7)18(6)25(26(30)27(33)34)20-11-12-21(37-23(31)13-16(2)3)22(15-20)38-24(32)14-17(4)5/h11-12,15-19,25-26H,10,13-14,30H2,1-9H3,(H,33,34)/t18?,19?,25?,26-/m0/s1. The Bertz CT molecular complexity index is 985. The summed E-state index contributed by atoms with van der Waals surface area (Å²) in [6.07, 6.45) is 0.215. The fourth-order valence-electron chi connectivity index (χ4n) is 3.75. The van der Waals surface area contributed by atoms with E-state index in [1.54, 1.807) is 33.8 Å². The summed E-state index contributed by atoms with van der Waals surface area (Å²) in [5, 5.41) is 9.78. The van der Waals surface area contributed by atoms with Crippen molar-refractivity contribution in [3.63, 3.8) is 0 Å². The van der Waals surface area contributed by atoms with E-state index in [9.17, 15) is 24.3 Å². The van der Waals surface area contributed by atoms with Gasteiger partial charge in [0.15, 0.2) is 11.5 Å². The molecule has 4 atom stereocenters. The minimum absolute atomic E-state index is 0.00295. The van der Waals surface area contributed by atoms with Crippen LogP contribution in [-0.4, -0.2) is 41.1 Å². The third kappa shape index (κ3) is 9.74. The largest absolute Gasteiger partial charge is 0.480 e. The molecule has 0 aliphatic rings. The smallest absolute Gasteiger partial charge is 0.321 e. The van der Waals surface area contributed by atoms with E-state index in [2.05, 4.69) is 0 Å². The van der Waals surface area contributed by atoms with Gasteiger partial charge >= 0.3 is 23.9 Å². The fraction of sp³-hybridized carbons (Fsp3) is 0.655. The quantitative estimate of drug-likeness (QED) is 0.246. The first-order valence-electron chi connectivity index (χ1n) is 13.2. The Hall–Kier alpha value is -2.94. The van der Waals surface area contributed by atoms with E-state index in [-0.39, 0.29) is 36.2 Å².